The first-order chi connectivity index (χ1) is 6.58. The summed E-state index contributed by atoms with van der Waals surface area (Å²) >= 11 is -2.13. The fourth-order valence-corrected chi connectivity index (χ4v) is 1.47. The SMILES string of the molecule is NC(=O)Nc1cccc(CS(=O)[O-])c1. The molecule has 0 saturated carbocycles. The molecule has 0 bridgehead atoms. The van der Waals surface area contributed by atoms with E-state index >= 15 is 0 Å². The standard InChI is InChI=1S/C8H10N2O3S/c9-8(11)10-7-3-1-2-6(4-7)5-14(12)13/h1-4H,5H2,(H,12,13)(H3,9,10,11)/p-1. The van der Waals surface area contributed by atoms with Crippen LogP contribution in [0, 0.1) is 0 Å². The Kier molecular flexibility index (Phi) is 3.61. The molecule has 0 saturated heterocycles. The van der Waals surface area contributed by atoms with Gasteiger partial charge in [0.25, 0.3) is 0 Å². The first-order valence-corrected chi connectivity index (χ1v) is 5.03. The smallest absolute Gasteiger partial charge is 0.316 e. The molecule has 3 N–H and O–H groups in total. The molecule has 0 aromatic heterocycles. The van der Waals surface area contributed by atoms with E-state index in [-0.39, 0.29) is 5.75 Å². The number of carbonyl (C=O) groups is 1. The molecule has 1 aromatic carbocycles. The van der Waals surface area contributed by atoms with Crippen LogP contribution in [0.25, 0.3) is 0 Å². The Morgan fingerprint density at radius 1 is 1.57 bits per heavy atom. The average Bonchev–Trinajstić information content (AvgIpc) is 2.01. The lowest BCUT2D eigenvalue weighted by Gasteiger charge is -2.07. The molecule has 0 radical (unpaired) electrons. The number of nitrogens with two attached hydrogens (primary N) is 1. The van der Waals surface area contributed by atoms with E-state index in [4.69, 9.17) is 5.73 Å². The van der Waals surface area contributed by atoms with Gasteiger partial charge in [0.2, 0.25) is 0 Å². The lowest BCUT2D eigenvalue weighted by molar-refractivity contribution is 0.259. The number of hydrogen-bond acceptors (Lipinski definition) is 3. The van der Waals surface area contributed by atoms with E-state index < -0.39 is 17.1 Å². The lowest BCUT2D eigenvalue weighted by Crippen LogP contribution is -2.19. The summed E-state index contributed by atoms with van der Waals surface area (Å²) in [5, 5.41) is 2.36. The molecule has 0 fully saturated rings. The van der Waals surface area contributed by atoms with Crippen LogP contribution in [0.5, 0.6) is 0 Å². The van der Waals surface area contributed by atoms with Crippen molar-refractivity contribution in [1.82, 2.24) is 0 Å². The van der Waals surface area contributed by atoms with E-state index in [0.717, 1.165) is 0 Å². The number of rotatable bonds is 3. The third-order valence-electron chi connectivity index (χ3n) is 1.48. The van der Waals surface area contributed by atoms with Gasteiger partial charge >= 0.3 is 6.03 Å². The molecule has 1 rings (SSSR count). The minimum Gasteiger partial charge on any atom is -0.772 e. The van der Waals surface area contributed by atoms with Gasteiger partial charge in [0, 0.05) is 11.4 Å². The third-order valence-corrected chi connectivity index (χ3v) is 2.05. The molecule has 0 spiro atoms. The van der Waals surface area contributed by atoms with Crippen LogP contribution in [0.2, 0.25) is 0 Å². The molecule has 14 heavy (non-hydrogen) atoms. The second kappa shape index (κ2) is 4.73. The van der Waals surface area contributed by atoms with Gasteiger partial charge < -0.3 is 15.6 Å². The predicted octanol–water partition coefficient (Wildman–Crippen LogP) is 0.556. The molecular weight excluding hydrogens is 204 g/mol. The van der Waals surface area contributed by atoms with E-state index in [1.807, 2.05) is 0 Å². The first kappa shape index (κ1) is 10.7. The fourth-order valence-electron chi connectivity index (χ4n) is 1.02. The summed E-state index contributed by atoms with van der Waals surface area (Å²) in [6.45, 7) is 0. The largest absolute Gasteiger partial charge is 0.772 e. The summed E-state index contributed by atoms with van der Waals surface area (Å²) in [6, 6.07) is 5.81. The van der Waals surface area contributed by atoms with Crippen molar-refractivity contribution in [2.24, 2.45) is 5.73 Å². The number of amides is 2. The molecule has 76 valence electrons. The highest BCUT2D eigenvalue weighted by Gasteiger charge is 1.97. The summed E-state index contributed by atoms with van der Waals surface area (Å²) in [6.07, 6.45) is 0. The van der Waals surface area contributed by atoms with Crippen LogP contribution in [0.1, 0.15) is 5.56 Å². The third kappa shape index (κ3) is 3.55. The van der Waals surface area contributed by atoms with E-state index in [2.05, 4.69) is 5.32 Å². The highest BCUT2D eigenvalue weighted by atomic mass is 32.2. The van der Waals surface area contributed by atoms with Crippen LogP contribution in [0.15, 0.2) is 24.3 Å². The zero-order valence-electron chi connectivity index (χ0n) is 7.23. The van der Waals surface area contributed by atoms with Crippen LogP contribution in [-0.4, -0.2) is 14.8 Å². The van der Waals surface area contributed by atoms with E-state index in [9.17, 15) is 13.6 Å². The number of primary amides is 1. The Hall–Kier alpha value is -1.40. The van der Waals surface area contributed by atoms with E-state index in [0.29, 0.717) is 11.3 Å². The number of anilines is 1. The zero-order valence-corrected chi connectivity index (χ0v) is 8.04. The monoisotopic (exact) mass is 213 g/mol. The fraction of sp³-hybridized carbons (Fsp3) is 0.125. The van der Waals surface area contributed by atoms with Crippen molar-refractivity contribution in [3.05, 3.63) is 29.8 Å². The maximum atomic E-state index is 10.5. The van der Waals surface area contributed by atoms with Crippen LogP contribution >= 0.6 is 0 Å². The topological polar surface area (TPSA) is 95.2 Å². The van der Waals surface area contributed by atoms with Crippen molar-refractivity contribution in [3.63, 3.8) is 0 Å². The molecule has 0 aliphatic heterocycles. The van der Waals surface area contributed by atoms with E-state index in [1.165, 1.54) is 0 Å². The Morgan fingerprint density at radius 2 is 2.29 bits per heavy atom. The lowest BCUT2D eigenvalue weighted by atomic mass is 10.2. The zero-order chi connectivity index (χ0) is 10.6. The normalized spacial score (nSPS) is 12.1. The van der Waals surface area contributed by atoms with Crippen LogP contribution in [-0.2, 0) is 16.8 Å². The van der Waals surface area contributed by atoms with Gasteiger partial charge in [-0.05, 0) is 17.7 Å². The second-order valence-electron chi connectivity index (χ2n) is 2.64. The summed E-state index contributed by atoms with van der Waals surface area (Å²) < 4.78 is 20.8. The van der Waals surface area contributed by atoms with Gasteiger partial charge in [-0.1, -0.05) is 23.2 Å². The van der Waals surface area contributed by atoms with Crippen molar-refractivity contribution in [2.75, 3.05) is 5.32 Å². The van der Waals surface area contributed by atoms with Gasteiger partial charge in [0.05, 0.1) is 0 Å². The molecule has 1 unspecified atom stereocenters. The van der Waals surface area contributed by atoms with Gasteiger partial charge in [-0.3, -0.25) is 4.21 Å². The van der Waals surface area contributed by atoms with Gasteiger partial charge in [-0.2, -0.15) is 0 Å². The summed E-state index contributed by atoms with van der Waals surface area (Å²) in [5.74, 6) is -0.0751. The van der Waals surface area contributed by atoms with Crippen LogP contribution in [0.4, 0.5) is 10.5 Å². The number of nitrogens with one attached hydrogen (secondary N) is 1. The highest BCUT2D eigenvalue weighted by Crippen LogP contribution is 2.11. The van der Waals surface area contributed by atoms with Crippen molar-refractivity contribution >= 4 is 22.8 Å². The number of urea groups is 1. The Bertz CT molecular complexity index is 336. The maximum Gasteiger partial charge on any atom is 0.316 e. The van der Waals surface area contributed by atoms with Crippen LogP contribution < -0.4 is 11.1 Å². The van der Waals surface area contributed by atoms with Crippen LogP contribution in [0.3, 0.4) is 0 Å². The molecule has 5 nitrogen and oxygen atoms in total. The molecule has 6 heteroatoms. The van der Waals surface area contributed by atoms with Gasteiger partial charge in [-0.15, -0.1) is 0 Å². The Morgan fingerprint density at radius 3 is 2.86 bits per heavy atom. The molecule has 0 aliphatic rings. The summed E-state index contributed by atoms with van der Waals surface area (Å²) in [7, 11) is 0. The summed E-state index contributed by atoms with van der Waals surface area (Å²) in [4.78, 5) is 10.5. The van der Waals surface area contributed by atoms with E-state index in [1.54, 1.807) is 24.3 Å². The van der Waals surface area contributed by atoms with Crippen molar-refractivity contribution in [2.45, 2.75) is 5.75 Å². The molecule has 0 aliphatic carbocycles. The highest BCUT2D eigenvalue weighted by molar-refractivity contribution is 7.78. The Balaban J connectivity index is 2.78. The summed E-state index contributed by atoms with van der Waals surface area (Å²) in [5.41, 5.74) is 5.99. The molecule has 1 atom stereocenters. The second-order valence-corrected chi connectivity index (χ2v) is 3.53. The minimum atomic E-state index is -2.13. The minimum absolute atomic E-state index is 0.0751. The Labute approximate surface area is 83.6 Å². The molecular formula is C8H9N2O3S-. The van der Waals surface area contributed by atoms with Gasteiger partial charge in [0.15, 0.2) is 0 Å². The van der Waals surface area contributed by atoms with Crippen molar-refractivity contribution < 1.29 is 13.6 Å². The maximum absolute atomic E-state index is 10.5. The van der Waals surface area contributed by atoms with Crippen molar-refractivity contribution in [3.8, 4) is 0 Å². The molecule has 1 aromatic rings. The molecule has 0 heterocycles. The number of carbonyl (C=O) groups excluding carboxylic acids is 1. The van der Waals surface area contributed by atoms with Gasteiger partial charge in [-0.25, -0.2) is 4.79 Å². The quantitative estimate of drug-likeness (QED) is 0.718. The van der Waals surface area contributed by atoms with Gasteiger partial charge in [0.1, 0.15) is 0 Å². The number of hydrogen-bond donors (Lipinski definition) is 2. The van der Waals surface area contributed by atoms with Crippen molar-refractivity contribution in [1.29, 1.82) is 0 Å². The first-order valence-electron chi connectivity index (χ1n) is 3.79. The predicted molar refractivity (Wildman–Crippen MR) is 52.3 cm³/mol. The average molecular weight is 213 g/mol. The molecule has 2 amide bonds. The number of benzene rings is 1.